The van der Waals surface area contributed by atoms with E-state index >= 15 is 0 Å². The van der Waals surface area contributed by atoms with Crippen LogP contribution in [0.1, 0.15) is 33.1 Å². The number of rotatable bonds is 4. The summed E-state index contributed by atoms with van der Waals surface area (Å²) >= 11 is 0. The monoisotopic (exact) mass is 238 g/mol. The van der Waals surface area contributed by atoms with Crippen LogP contribution in [0.25, 0.3) is 0 Å². The van der Waals surface area contributed by atoms with Crippen LogP contribution >= 0.6 is 0 Å². The van der Waals surface area contributed by atoms with Gasteiger partial charge in [0.2, 0.25) is 0 Å². The van der Waals surface area contributed by atoms with Crippen molar-refractivity contribution in [2.75, 3.05) is 33.2 Å². The second-order valence-corrected chi connectivity index (χ2v) is 5.63. The quantitative estimate of drug-likeness (QED) is 0.795. The fourth-order valence-corrected chi connectivity index (χ4v) is 2.46. The molecule has 1 aliphatic rings. The van der Waals surface area contributed by atoms with Crippen LogP contribution in [-0.2, 0) is 0 Å². The summed E-state index contributed by atoms with van der Waals surface area (Å²) in [6.07, 6.45) is 3.02. The third kappa shape index (κ3) is 5.03. The molecule has 17 heavy (non-hydrogen) atoms. The molecule has 0 aromatic carbocycles. The van der Waals surface area contributed by atoms with E-state index in [1.807, 2.05) is 6.92 Å². The number of hydrogen-bond donors (Lipinski definition) is 1. The molecule has 2 unspecified atom stereocenters. The second-order valence-electron chi connectivity index (χ2n) is 5.63. The molecule has 2 N–H and O–H groups in total. The summed E-state index contributed by atoms with van der Waals surface area (Å²) in [5.41, 5.74) is 5.17. The maximum atomic E-state index is 8.87. The molecule has 98 valence electrons. The Bertz CT molecular complexity index is 269. The van der Waals surface area contributed by atoms with Crippen molar-refractivity contribution in [3.8, 4) is 6.07 Å². The van der Waals surface area contributed by atoms with E-state index < -0.39 is 5.54 Å². The van der Waals surface area contributed by atoms with Gasteiger partial charge in [-0.05, 0) is 59.8 Å². The van der Waals surface area contributed by atoms with Gasteiger partial charge in [-0.3, -0.25) is 4.90 Å². The maximum absolute atomic E-state index is 8.87. The molecule has 0 radical (unpaired) electrons. The first-order valence-corrected chi connectivity index (χ1v) is 6.57. The van der Waals surface area contributed by atoms with Crippen LogP contribution in [0.5, 0.6) is 0 Å². The van der Waals surface area contributed by atoms with Crippen molar-refractivity contribution in [1.29, 1.82) is 5.26 Å². The minimum atomic E-state index is -0.661. The minimum absolute atomic E-state index is 0.605. The van der Waals surface area contributed by atoms with Crippen LogP contribution < -0.4 is 5.73 Å². The molecule has 2 atom stereocenters. The molecule has 0 amide bonds. The molecule has 0 bridgehead atoms. The molecule has 4 heteroatoms. The maximum Gasteiger partial charge on any atom is 0.101 e. The predicted octanol–water partition coefficient (Wildman–Crippen LogP) is 1.03. The van der Waals surface area contributed by atoms with Gasteiger partial charge in [-0.25, -0.2) is 0 Å². The van der Waals surface area contributed by atoms with Crippen molar-refractivity contribution in [3.63, 3.8) is 0 Å². The average molecular weight is 238 g/mol. The molecule has 1 heterocycles. The van der Waals surface area contributed by atoms with Crippen molar-refractivity contribution < 1.29 is 0 Å². The molecule has 0 aromatic rings. The van der Waals surface area contributed by atoms with E-state index in [1.54, 1.807) is 0 Å². The highest BCUT2D eigenvalue weighted by Gasteiger charge is 2.21. The van der Waals surface area contributed by atoms with Crippen LogP contribution in [0, 0.1) is 11.3 Å². The summed E-state index contributed by atoms with van der Waals surface area (Å²) in [6, 6.07) is 2.77. The Kier molecular flexibility index (Phi) is 5.38. The van der Waals surface area contributed by atoms with E-state index in [2.05, 4.69) is 29.8 Å². The molecular weight excluding hydrogens is 212 g/mol. The van der Waals surface area contributed by atoms with Gasteiger partial charge in [0, 0.05) is 12.6 Å². The standard InChI is InChI=1S/C13H26N4/c1-12-10-16(3)7-5-9-17(12)8-4-6-13(2,15)11-14/h12H,4-10,15H2,1-3H3. The topological polar surface area (TPSA) is 56.3 Å². The van der Waals surface area contributed by atoms with Crippen LogP contribution in [0.3, 0.4) is 0 Å². The van der Waals surface area contributed by atoms with E-state index in [1.165, 1.54) is 19.5 Å². The van der Waals surface area contributed by atoms with Gasteiger partial charge in [-0.15, -0.1) is 0 Å². The van der Waals surface area contributed by atoms with Gasteiger partial charge in [-0.2, -0.15) is 5.26 Å². The third-order valence-corrected chi connectivity index (χ3v) is 3.58. The second kappa shape index (κ2) is 6.34. The summed E-state index contributed by atoms with van der Waals surface area (Å²) in [6.45, 7) is 8.65. The molecule has 1 rings (SSSR count). The van der Waals surface area contributed by atoms with E-state index in [0.717, 1.165) is 25.9 Å². The molecule has 4 nitrogen and oxygen atoms in total. The normalized spacial score (nSPS) is 27.1. The zero-order chi connectivity index (χ0) is 12.9. The van der Waals surface area contributed by atoms with Gasteiger partial charge >= 0.3 is 0 Å². The van der Waals surface area contributed by atoms with E-state index in [4.69, 9.17) is 11.0 Å². The first-order valence-electron chi connectivity index (χ1n) is 6.57. The molecular formula is C13H26N4. The van der Waals surface area contributed by atoms with Crippen LogP contribution in [0.4, 0.5) is 0 Å². The molecule has 1 saturated heterocycles. The van der Waals surface area contributed by atoms with Crippen molar-refractivity contribution in [2.24, 2.45) is 5.73 Å². The fraction of sp³-hybridized carbons (Fsp3) is 0.923. The van der Waals surface area contributed by atoms with Gasteiger partial charge in [0.1, 0.15) is 5.54 Å². The Morgan fingerprint density at radius 3 is 2.82 bits per heavy atom. The smallest absolute Gasteiger partial charge is 0.101 e. The van der Waals surface area contributed by atoms with Crippen molar-refractivity contribution >= 4 is 0 Å². The highest BCUT2D eigenvalue weighted by molar-refractivity contribution is 5.00. The number of nitriles is 1. The molecule has 0 saturated carbocycles. The highest BCUT2D eigenvalue weighted by atomic mass is 15.2. The van der Waals surface area contributed by atoms with Gasteiger partial charge in [0.15, 0.2) is 0 Å². The van der Waals surface area contributed by atoms with Crippen molar-refractivity contribution in [1.82, 2.24) is 9.80 Å². The number of hydrogen-bond acceptors (Lipinski definition) is 4. The summed E-state index contributed by atoms with van der Waals surface area (Å²) in [5, 5.41) is 8.87. The Morgan fingerprint density at radius 1 is 1.47 bits per heavy atom. The summed E-state index contributed by atoms with van der Waals surface area (Å²) in [7, 11) is 2.19. The molecule has 1 aliphatic heterocycles. The minimum Gasteiger partial charge on any atom is -0.314 e. The average Bonchev–Trinajstić information content (AvgIpc) is 2.41. The Balaban J connectivity index is 2.33. The van der Waals surface area contributed by atoms with Gasteiger partial charge in [-0.1, -0.05) is 0 Å². The number of likely N-dealkylation sites (N-methyl/N-ethyl adjacent to an activating group) is 1. The van der Waals surface area contributed by atoms with Crippen molar-refractivity contribution in [2.45, 2.75) is 44.7 Å². The van der Waals surface area contributed by atoms with Gasteiger partial charge < -0.3 is 10.6 Å². The number of nitrogens with two attached hydrogens (primary N) is 1. The third-order valence-electron chi connectivity index (χ3n) is 3.58. The predicted molar refractivity (Wildman–Crippen MR) is 70.6 cm³/mol. The Morgan fingerprint density at radius 2 is 2.18 bits per heavy atom. The first kappa shape index (κ1) is 14.4. The lowest BCUT2D eigenvalue weighted by Gasteiger charge is -2.28. The zero-order valence-corrected chi connectivity index (χ0v) is 11.4. The largest absolute Gasteiger partial charge is 0.314 e. The first-order chi connectivity index (χ1) is 7.94. The summed E-state index contributed by atoms with van der Waals surface area (Å²) < 4.78 is 0. The number of nitrogens with zero attached hydrogens (tertiary/aromatic N) is 3. The summed E-state index contributed by atoms with van der Waals surface area (Å²) in [5.74, 6) is 0. The molecule has 1 fully saturated rings. The molecule has 0 aliphatic carbocycles. The Hall–Kier alpha value is -0.630. The zero-order valence-electron chi connectivity index (χ0n) is 11.4. The lowest BCUT2D eigenvalue weighted by molar-refractivity contribution is 0.196. The van der Waals surface area contributed by atoms with Gasteiger partial charge in [0.25, 0.3) is 0 Å². The molecule has 0 aromatic heterocycles. The lowest BCUT2D eigenvalue weighted by atomic mass is 9.99. The lowest BCUT2D eigenvalue weighted by Crippen LogP contribution is -2.40. The van der Waals surface area contributed by atoms with E-state index in [9.17, 15) is 0 Å². The van der Waals surface area contributed by atoms with Crippen LogP contribution in [0.15, 0.2) is 0 Å². The molecule has 0 spiro atoms. The van der Waals surface area contributed by atoms with Crippen LogP contribution in [-0.4, -0.2) is 54.6 Å². The van der Waals surface area contributed by atoms with Gasteiger partial charge in [0.05, 0.1) is 6.07 Å². The Labute approximate surface area is 105 Å². The highest BCUT2D eigenvalue weighted by Crippen LogP contribution is 2.12. The van der Waals surface area contributed by atoms with Crippen molar-refractivity contribution in [3.05, 3.63) is 0 Å². The van der Waals surface area contributed by atoms with E-state index in [0.29, 0.717) is 6.04 Å². The SMILES string of the molecule is CC1CN(C)CCCN1CCCC(C)(N)C#N. The summed E-state index contributed by atoms with van der Waals surface area (Å²) in [4.78, 5) is 4.92. The fourth-order valence-electron chi connectivity index (χ4n) is 2.46. The van der Waals surface area contributed by atoms with E-state index in [-0.39, 0.29) is 0 Å². The van der Waals surface area contributed by atoms with Crippen LogP contribution in [0.2, 0.25) is 0 Å².